The predicted octanol–water partition coefficient (Wildman–Crippen LogP) is -4.08. The summed E-state index contributed by atoms with van der Waals surface area (Å²) in [5.74, 6) is 0. The summed E-state index contributed by atoms with van der Waals surface area (Å²) in [6, 6.07) is 0. The van der Waals surface area contributed by atoms with Crippen LogP contribution in [0.3, 0.4) is 0 Å². The zero-order valence-corrected chi connectivity index (χ0v) is 8.91. The van der Waals surface area contributed by atoms with Crippen molar-refractivity contribution in [3.63, 3.8) is 0 Å². The Morgan fingerprint density at radius 3 is 0.500 bits per heavy atom. The van der Waals surface area contributed by atoms with Crippen molar-refractivity contribution >= 4 is 19.8 Å². The molecule has 0 heterocycles. The zero-order chi connectivity index (χ0) is 0. The maximum absolute atomic E-state index is 0. The predicted molar refractivity (Wildman–Crippen MR) is 13.5 cm³/mol. The van der Waals surface area contributed by atoms with Crippen molar-refractivity contribution < 1.29 is 73.3 Å². The van der Waals surface area contributed by atoms with E-state index in [0.29, 0.717) is 0 Å². The average Bonchev–Trinajstić information content (AvgIpc) is 0. The summed E-state index contributed by atoms with van der Waals surface area (Å²) in [5, 5.41) is 0. The van der Waals surface area contributed by atoms with E-state index in [2.05, 4.69) is 0 Å². The third-order valence-electron chi connectivity index (χ3n) is 0. The molecular formula is H4GaKO4. The van der Waals surface area contributed by atoms with Crippen LogP contribution in [0.2, 0.25) is 0 Å². The Morgan fingerprint density at radius 1 is 0.500 bits per heavy atom. The van der Waals surface area contributed by atoms with Crippen LogP contribution in [0.5, 0.6) is 0 Å². The fourth-order valence-electron chi connectivity index (χ4n) is 0. The molecule has 6 heavy (non-hydrogen) atoms. The molecule has 0 aromatic heterocycles. The van der Waals surface area contributed by atoms with Crippen molar-refractivity contribution in [3.8, 4) is 0 Å². The van der Waals surface area contributed by atoms with Gasteiger partial charge in [-0.3, -0.25) is 0 Å². The third-order valence-corrected chi connectivity index (χ3v) is 0. The van der Waals surface area contributed by atoms with Crippen LogP contribution < -0.4 is 51.4 Å². The normalized spacial score (nSPS) is 0. The van der Waals surface area contributed by atoms with Crippen LogP contribution in [0.4, 0.5) is 0 Å². The van der Waals surface area contributed by atoms with Gasteiger partial charge in [0.15, 0.2) is 0 Å². The minimum absolute atomic E-state index is 0. The van der Waals surface area contributed by atoms with Crippen molar-refractivity contribution in [2.75, 3.05) is 0 Å². The second-order valence-electron chi connectivity index (χ2n) is 0. The summed E-state index contributed by atoms with van der Waals surface area (Å²) in [6.07, 6.45) is 0. The minimum atomic E-state index is 0. The Bertz CT molecular complexity index is 7.51. The molecule has 0 saturated heterocycles. The van der Waals surface area contributed by atoms with Crippen molar-refractivity contribution in [2.45, 2.75) is 0 Å². The molecule has 0 aliphatic rings. The van der Waals surface area contributed by atoms with Gasteiger partial charge < -0.3 is 21.9 Å². The summed E-state index contributed by atoms with van der Waals surface area (Å²) < 4.78 is 0. The van der Waals surface area contributed by atoms with Crippen LogP contribution >= 0.6 is 0 Å². The Kier molecular flexibility index (Phi) is 912. The van der Waals surface area contributed by atoms with E-state index >= 15 is 0 Å². The molecule has 6 heteroatoms. The first-order valence-electron chi connectivity index (χ1n) is 0. The molecule has 0 aliphatic heterocycles. The maximum atomic E-state index is 0. The zero-order valence-electron chi connectivity index (χ0n) is 3.37. The summed E-state index contributed by atoms with van der Waals surface area (Å²) in [6.45, 7) is 0. The van der Waals surface area contributed by atoms with Gasteiger partial charge in [0.25, 0.3) is 0 Å². The molecule has 4 nitrogen and oxygen atoms in total. The molecule has 0 amide bonds. The second kappa shape index (κ2) is 59.5. The van der Waals surface area contributed by atoms with Crippen molar-refractivity contribution in [1.29, 1.82) is 0 Å². The van der Waals surface area contributed by atoms with Crippen molar-refractivity contribution in [1.82, 2.24) is 0 Å². The summed E-state index contributed by atoms with van der Waals surface area (Å²) in [4.78, 5) is 0. The van der Waals surface area contributed by atoms with Crippen LogP contribution in [0.1, 0.15) is 0 Å². The van der Waals surface area contributed by atoms with Gasteiger partial charge in [0.05, 0.1) is 0 Å². The van der Waals surface area contributed by atoms with Gasteiger partial charge in [0.2, 0.25) is 0 Å². The monoisotopic (exact) mass is 176 g/mol. The van der Waals surface area contributed by atoms with Crippen LogP contribution in [0.15, 0.2) is 0 Å². The first-order chi connectivity index (χ1) is 0. The largest absolute Gasteiger partial charge is 3.00 e. The van der Waals surface area contributed by atoms with Gasteiger partial charge in [-0.1, -0.05) is 0 Å². The van der Waals surface area contributed by atoms with Gasteiger partial charge in [-0.15, -0.1) is 0 Å². The first kappa shape index (κ1) is 92.0. The van der Waals surface area contributed by atoms with E-state index in [4.69, 9.17) is 0 Å². The minimum Gasteiger partial charge on any atom is -0.870 e. The van der Waals surface area contributed by atoms with Gasteiger partial charge in [-0.2, -0.15) is 0 Å². The van der Waals surface area contributed by atoms with Gasteiger partial charge in [-0.25, -0.2) is 0 Å². The van der Waals surface area contributed by atoms with E-state index in [1.54, 1.807) is 0 Å². The van der Waals surface area contributed by atoms with E-state index in [9.17, 15) is 0 Å². The Hall–Kier alpha value is 2.11. The summed E-state index contributed by atoms with van der Waals surface area (Å²) >= 11 is 0. The molecule has 0 rings (SSSR count). The first-order valence-corrected chi connectivity index (χ1v) is 0. The molecule has 32 valence electrons. The average molecular weight is 177 g/mol. The molecule has 0 radical (unpaired) electrons. The van der Waals surface area contributed by atoms with Crippen LogP contribution in [-0.4, -0.2) is 41.7 Å². The molecular weight excluding hydrogens is 173 g/mol. The molecule has 0 spiro atoms. The van der Waals surface area contributed by atoms with Gasteiger partial charge in [0, 0.05) is 0 Å². The maximum Gasteiger partial charge on any atom is 3.00 e. The van der Waals surface area contributed by atoms with Crippen molar-refractivity contribution in [2.24, 2.45) is 0 Å². The molecule has 0 unspecified atom stereocenters. The van der Waals surface area contributed by atoms with E-state index in [1.165, 1.54) is 0 Å². The molecule has 0 aromatic carbocycles. The quantitative estimate of drug-likeness (QED) is 0.349. The van der Waals surface area contributed by atoms with Crippen LogP contribution in [0, 0.1) is 0 Å². The SMILES string of the molecule is [Ga+3].[K+].[OH-].[OH-].[OH-].[OH-]. The van der Waals surface area contributed by atoms with E-state index in [1.807, 2.05) is 0 Å². The Labute approximate surface area is 91.4 Å². The number of rotatable bonds is 0. The second-order valence-corrected chi connectivity index (χ2v) is 0. The van der Waals surface area contributed by atoms with Crippen molar-refractivity contribution in [3.05, 3.63) is 0 Å². The topological polar surface area (TPSA) is 120 Å². The van der Waals surface area contributed by atoms with Crippen LogP contribution in [-0.2, 0) is 0 Å². The molecule has 4 N–H and O–H groups in total. The summed E-state index contributed by atoms with van der Waals surface area (Å²) in [5.41, 5.74) is 0. The number of hydrogen-bond acceptors (Lipinski definition) is 4. The van der Waals surface area contributed by atoms with Gasteiger partial charge in [0.1, 0.15) is 0 Å². The standard InChI is InChI=1S/Ga.K.4H2O/h;;4*1H2/q+3;+1;;;;/p-4. The smallest absolute Gasteiger partial charge is 0.870 e. The molecule has 0 fully saturated rings. The fraction of sp³-hybridized carbons (Fsp3) is 0. The molecule has 0 aliphatic carbocycles. The van der Waals surface area contributed by atoms with Gasteiger partial charge in [-0.05, 0) is 0 Å². The molecule has 0 bridgehead atoms. The number of hydrogen-bond donors (Lipinski definition) is 0. The van der Waals surface area contributed by atoms with Crippen LogP contribution in [0.25, 0.3) is 0 Å². The fourth-order valence-corrected chi connectivity index (χ4v) is 0. The van der Waals surface area contributed by atoms with E-state index < -0.39 is 0 Å². The summed E-state index contributed by atoms with van der Waals surface area (Å²) in [7, 11) is 0. The molecule has 0 saturated carbocycles. The van der Waals surface area contributed by atoms with E-state index in [-0.39, 0.29) is 93.1 Å². The third kappa shape index (κ3) is 35.8. The molecule has 0 atom stereocenters. The van der Waals surface area contributed by atoms with E-state index in [0.717, 1.165) is 0 Å². The molecule has 0 aromatic rings. The Balaban J connectivity index is 0. The Morgan fingerprint density at radius 2 is 0.500 bits per heavy atom. The van der Waals surface area contributed by atoms with Gasteiger partial charge >= 0.3 is 71.2 Å².